The maximum absolute atomic E-state index is 14.0. The molecule has 2 aromatic carbocycles. The summed E-state index contributed by atoms with van der Waals surface area (Å²) in [5, 5.41) is 3.70. The van der Waals surface area contributed by atoms with Gasteiger partial charge in [-0.15, -0.1) is 0 Å². The summed E-state index contributed by atoms with van der Waals surface area (Å²) in [5.41, 5.74) is 3.38. The van der Waals surface area contributed by atoms with Crippen LogP contribution in [0.25, 0.3) is 0 Å². The molecule has 2 unspecified atom stereocenters. The van der Waals surface area contributed by atoms with Crippen molar-refractivity contribution in [2.45, 2.75) is 24.8 Å². The molecule has 1 N–H and O–H groups in total. The fourth-order valence-corrected chi connectivity index (χ4v) is 3.38. The SMILES string of the molecule is CNC(CC1Cc2ccccc21)c1c(F)cccc1Cl. The van der Waals surface area contributed by atoms with Gasteiger partial charge >= 0.3 is 0 Å². The van der Waals surface area contributed by atoms with Gasteiger partial charge in [-0.3, -0.25) is 0 Å². The van der Waals surface area contributed by atoms with Crippen molar-refractivity contribution in [3.05, 3.63) is 70.0 Å². The van der Waals surface area contributed by atoms with Crippen LogP contribution in [0.15, 0.2) is 42.5 Å². The quantitative estimate of drug-likeness (QED) is 0.876. The molecular formula is C17H17ClFN. The van der Waals surface area contributed by atoms with Gasteiger partial charge in [0.25, 0.3) is 0 Å². The lowest BCUT2D eigenvalue weighted by molar-refractivity contribution is 0.437. The van der Waals surface area contributed by atoms with Gasteiger partial charge in [0.05, 0.1) is 0 Å². The summed E-state index contributed by atoms with van der Waals surface area (Å²) in [7, 11) is 1.86. The number of hydrogen-bond acceptors (Lipinski definition) is 1. The van der Waals surface area contributed by atoms with Crippen LogP contribution in [-0.4, -0.2) is 7.05 Å². The maximum Gasteiger partial charge on any atom is 0.129 e. The predicted molar refractivity (Wildman–Crippen MR) is 80.7 cm³/mol. The average Bonchev–Trinajstić information content (AvgIpc) is 2.42. The molecule has 2 aromatic rings. The molecule has 0 fully saturated rings. The van der Waals surface area contributed by atoms with Crippen molar-refractivity contribution < 1.29 is 4.39 Å². The Morgan fingerprint density at radius 2 is 2.05 bits per heavy atom. The van der Waals surface area contributed by atoms with E-state index in [1.807, 2.05) is 7.05 Å². The highest BCUT2D eigenvalue weighted by Gasteiger charge is 2.29. The Kier molecular flexibility index (Phi) is 3.77. The molecule has 0 spiro atoms. The number of rotatable bonds is 4. The van der Waals surface area contributed by atoms with E-state index >= 15 is 0 Å². The number of halogens is 2. The molecule has 0 amide bonds. The van der Waals surface area contributed by atoms with Crippen molar-refractivity contribution in [2.75, 3.05) is 7.05 Å². The molecule has 0 saturated carbocycles. The summed E-state index contributed by atoms with van der Waals surface area (Å²) >= 11 is 6.17. The number of fused-ring (bicyclic) bond motifs is 1. The molecule has 0 heterocycles. The Morgan fingerprint density at radius 3 is 2.75 bits per heavy atom. The van der Waals surface area contributed by atoms with Gasteiger partial charge < -0.3 is 5.32 Å². The van der Waals surface area contributed by atoms with E-state index in [1.165, 1.54) is 17.2 Å². The Hall–Kier alpha value is -1.38. The van der Waals surface area contributed by atoms with Gasteiger partial charge in [0.15, 0.2) is 0 Å². The van der Waals surface area contributed by atoms with Crippen LogP contribution in [0.5, 0.6) is 0 Å². The zero-order chi connectivity index (χ0) is 14.1. The summed E-state index contributed by atoms with van der Waals surface area (Å²) in [6.07, 6.45) is 1.94. The molecule has 104 valence electrons. The highest BCUT2D eigenvalue weighted by Crippen LogP contribution is 2.41. The molecule has 3 rings (SSSR count). The Balaban J connectivity index is 1.83. The number of nitrogens with one attached hydrogen (secondary N) is 1. The van der Waals surface area contributed by atoms with Crippen LogP contribution >= 0.6 is 11.6 Å². The minimum atomic E-state index is -0.232. The molecule has 3 heteroatoms. The number of benzene rings is 2. The Bertz CT molecular complexity index is 606. The van der Waals surface area contributed by atoms with E-state index in [0.29, 0.717) is 16.5 Å². The largest absolute Gasteiger partial charge is 0.313 e. The van der Waals surface area contributed by atoms with E-state index in [0.717, 1.165) is 12.8 Å². The topological polar surface area (TPSA) is 12.0 Å². The highest BCUT2D eigenvalue weighted by molar-refractivity contribution is 6.31. The standard InChI is InChI=1S/C17H17ClFN/c1-20-16(17-14(18)7-4-8-15(17)19)10-12-9-11-5-2-3-6-13(11)12/h2-8,12,16,20H,9-10H2,1H3. The summed E-state index contributed by atoms with van der Waals surface area (Å²) in [4.78, 5) is 0. The van der Waals surface area contributed by atoms with Crippen molar-refractivity contribution in [1.29, 1.82) is 0 Å². The maximum atomic E-state index is 14.0. The molecule has 20 heavy (non-hydrogen) atoms. The van der Waals surface area contributed by atoms with Gasteiger partial charge in [0.1, 0.15) is 5.82 Å². The molecule has 2 atom stereocenters. The summed E-state index contributed by atoms with van der Waals surface area (Å²) in [5.74, 6) is 0.254. The summed E-state index contributed by atoms with van der Waals surface area (Å²) in [6.45, 7) is 0. The monoisotopic (exact) mass is 289 g/mol. The lowest BCUT2D eigenvalue weighted by Gasteiger charge is -2.33. The van der Waals surface area contributed by atoms with E-state index in [1.54, 1.807) is 12.1 Å². The van der Waals surface area contributed by atoms with Gasteiger partial charge in [-0.05, 0) is 49.1 Å². The summed E-state index contributed by atoms with van der Waals surface area (Å²) < 4.78 is 14.0. The molecule has 0 radical (unpaired) electrons. The molecule has 0 aliphatic heterocycles. The first kappa shape index (κ1) is 13.6. The second kappa shape index (κ2) is 5.55. The van der Waals surface area contributed by atoms with Crippen LogP contribution in [0.2, 0.25) is 5.02 Å². The third-order valence-electron chi connectivity index (χ3n) is 4.18. The molecule has 1 aliphatic carbocycles. The van der Waals surface area contributed by atoms with Crippen LogP contribution in [0.1, 0.15) is 35.1 Å². The fraction of sp³-hybridized carbons (Fsp3) is 0.294. The summed E-state index contributed by atoms with van der Waals surface area (Å²) in [6, 6.07) is 13.3. The Morgan fingerprint density at radius 1 is 1.25 bits per heavy atom. The molecule has 0 aromatic heterocycles. The van der Waals surface area contributed by atoms with E-state index in [-0.39, 0.29) is 11.9 Å². The van der Waals surface area contributed by atoms with Crippen molar-refractivity contribution >= 4 is 11.6 Å². The third-order valence-corrected chi connectivity index (χ3v) is 4.51. The van der Waals surface area contributed by atoms with E-state index in [9.17, 15) is 4.39 Å². The van der Waals surface area contributed by atoms with Crippen LogP contribution in [0, 0.1) is 5.82 Å². The molecule has 1 nitrogen and oxygen atoms in total. The lowest BCUT2D eigenvalue weighted by atomic mass is 9.74. The predicted octanol–water partition coefficient (Wildman–Crippen LogP) is 4.47. The normalized spacial score (nSPS) is 18.2. The second-order valence-electron chi connectivity index (χ2n) is 5.31. The minimum absolute atomic E-state index is 0.0537. The second-order valence-corrected chi connectivity index (χ2v) is 5.72. The van der Waals surface area contributed by atoms with Crippen molar-refractivity contribution in [1.82, 2.24) is 5.32 Å². The van der Waals surface area contributed by atoms with Crippen LogP contribution < -0.4 is 5.32 Å². The first-order chi connectivity index (χ1) is 9.70. The van der Waals surface area contributed by atoms with Gasteiger partial charge in [0.2, 0.25) is 0 Å². The minimum Gasteiger partial charge on any atom is -0.313 e. The van der Waals surface area contributed by atoms with Crippen molar-refractivity contribution in [3.8, 4) is 0 Å². The van der Waals surface area contributed by atoms with E-state index in [2.05, 4.69) is 29.6 Å². The lowest BCUT2D eigenvalue weighted by Crippen LogP contribution is -2.25. The van der Waals surface area contributed by atoms with Crippen LogP contribution in [-0.2, 0) is 6.42 Å². The zero-order valence-electron chi connectivity index (χ0n) is 11.4. The van der Waals surface area contributed by atoms with Gasteiger partial charge in [0, 0.05) is 16.6 Å². The van der Waals surface area contributed by atoms with Crippen molar-refractivity contribution in [3.63, 3.8) is 0 Å². The van der Waals surface area contributed by atoms with Gasteiger partial charge in [-0.2, -0.15) is 0 Å². The first-order valence-electron chi connectivity index (χ1n) is 6.89. The van der Waals surface area contributed by atoms with E-state index in [4.69, 9.17) is 11.6 Å². The highest BCUT2D eigenvalue weighted by atomic mass is 35.5. The van der Waals surface area contributed by atoms with Crippen LogP contribution in [0.4, 0.5) is 4.39 Å². The molecule has 1 aliphatic rings. The molecule has 0 bridgehead atoms. The number of hydrogen-bond donors (Lipinski definition) is 1. The van der Waals surface area contributed by atoms with E-state index < -0.39 is 0 Å². The molecule has 0 saturated heterocycles. The van der Waals surface area contributed by atoms with Gasteiger partial charge in [-0.25, -0.2) is 4.39 Å². The first-order valence-corrected chi connectivity index (χ1v) is 7.27. The van der Waals surface area contributed by atoms with Gasteiger partial charge in [-0.1, -0.05) is 41.9 Å². The third kappa shape index (κ3) is 2.34. The zero-order valence-corrected chi connectivity index (χ0v) is 12.1. The van der Waals surface area contributed by atoms with Crippen LogP contribution in [0.3, 0.4) is 0 Å². The van der Waals surface area contributed by atoms with Crippen molar-refractivity contribution in [2.24, 2.45) is 0 Å². The smallest absolute Gasteiger partial charge is 0.129 e. The fourth-order valence-electron chi connectivity index (χ4n) is 3.08. The molecular weight excluding hydrogens is 273 g/mol. The Labute approximate surface area is 123 Å². The average molecular weight is 290 g/mol.